The summed E-state index contributed by atoms with van der Waals surface area (Å²) >= 11 is 6.15. The van der Waals surface area contributed by atoms with Crippen LogP contribution in [0, 0.1) is 19.8 Å². The average Bonchev–Trinajstić information content (AvgIpc) is 3.06. The van der Waals surface area contributed by atoms with Gasteiger partial charge in [0.25, 0.3) is 0 Å². The zero-order chi connectivity index (χ0) is 17.8. The third kappa shape index (κ3) is 5.51. The van der Waals surface area contributed by atoms with E-state index in [1.54, 1.807) is 0 Å². The van der Waals surface area contributed by atoms with Gasteiger partial charge in [-0.2, -0.15) is 0 Å². The summed E-state index contributed by atoms with van der Waals surface area (Å²) in [5.41, 5.74) is 10.7. The summed E-state index contributed by atoms with van der Waals surface area (Å²) in [5.74, 6) is 0.984. The normalized spacial score (nSPS) is 17.1. The minimum Gasteiger partial charge on any atom is -0.371 e. The molecule has 26 heavy (non-hydrogen) atoms. The van der Waals surface area contributed by atoms with Crippen LogP contribution in [0.1, 0.15) is 17.5 Å². The van der Waals surface area contributed by atoms with Crippen LogP contribution in [-0.4, -0.2) is 25.6 Å². The SMILES string of the molecule is Cc1ccc(NC(N)=NCC2CCN(c3cc(Cl)ccc3C)C2)cc1.I. The number of rotatable bonds is 4. The summed E-state index contributed by atoms with van der Waals surface area (Å²) in [5, 5.41) is 3.93. The number of benzene rings is 2. The molecule has 1 heterocycles. The number of hydrogen-bond donors (Lipinski definition) is 2. The van der Waals surface area contributed by atoms with Crippen molar-refractivity contribution in [3.63, 3.8) is 0 Å². The van der Waals surface area contributed by atoms with Crippen LogP contribution in [0.3, 0.4) is 0 Å². The van der Waals surface area contributed by atoms with E-state index in [1.807, 2.05) is 18.2 Å². The largest absolute Gasteiger partial charge is 0.371 e. The number of anilines is 2. The summed E-state index contributed by atoms with van der Waals surface area (Å²) < 4.78 is 0. The van der Waals surface area contributed by atoms with E-state index < -0.39 is 0 Å². The molecular weight excluding hydrogens is 459 g/mol. The fraction of sp³-hybridized carbons (Fsp3) is 0.350. The number of hydrogen-bond acceptors (Lipinski definition) is 2. The first-order valence-corrected chi connectivity index (χ1v) is 9.04. The van der Waals surface area contributed by atoms with Crippen molar-refractivity contribution in [1.29, 1.82) is 0 Å². The molecule has 1 aliphatic rings. The zero-order valence-corrected chi connectivity index (χ0v) is 18.3. The molecule has 0 spiro atoms. The topological polar surface area (TPSA) is 53.6 Å². The van der Waals surface area contributed by atoms with E-state index in [0.717, 1.165) is 36.8 Å². The highest BCUT2D eigenvalue weighted by Gasteiger charge is 2.23. The van der Waals surface area contributed by atoms with Gasteiger partial charge in [-0.1, -0.05) is 35.4 Å². The van der Waals surface area contributed by atoms with Crippen molar-refractivity contribution in [2.75, 3.05) is 29.9 Å². The van der Waals surface area contributed by atoms with Crippen molar-refractivity contribution in [2.24, 2.45) is 16.6 Å². The molecule has 1 fully saturated rings. The van der Waals surface area contributed by atoms with E-state index in [9.17, 15) is 0 Å². The van der Waals surface area contributed by atoms with Gasteiger partial charge in [0.05, 0.1) is 0 Å². The molecule has 1 saturated heterocycles. The third-order valence-electron chi connectivity index (χ3n) is 4.64. The molecule has 2 aromatic carbocycles. The monoisotopic (exact) mass is 484 g/mol. The predicted octanol–water partition coefficient (Wildman–Crippen LogP) is 4.83. The Balaban J connectivity index is 0.00000243. The summed E-state index contributed by atoms with van der Waals surface area (Å²) in [4.78, 5) is 6.92. The maximum atomic E-state index is 6.15. The second-order valence-electron chi connectivity index (χ2n) is 6.75. The molecule has 0 bridgehead atoms. The highest BCUT2D eigenvalue weighted by Crippen LogP contribution is 2.29. The van der Waals surface area contributed by atoms with Crippen molar-refractivity contribution in [1.82, 2.24) is 0 Å². The number of halogens is 2. The Bertz CT molecular complexity index is 761. The van der Waals surface area contributed by atoms with Crippen LogP contribution in [0.15, 0.2) is 47.5 Å². The molecule has 2 aromatic rings. The lowest BCUT2D eigenvalue weighted by molar-refractivity contribution is 0.603. The summed E-state index contributed by atoms with van der Waals surface area (Å²) in [6.07, 6.45) is 1.12. The Kier molecular flexibility index (Phi) is 7.58. The molecular formula is C20H26ClIN4. The summed E-state index contributed by atoms with van der Waals surface area (Å²) in [6, 6.07) is 14.2. The van der Waals surface area contributed by atoms with E-state index in [4.69, 9.17) is 17.3 Å². The molecule has 6 heteroatoms. The van der Waals surface area contributed by atoms with Crippen LogP contribution in [0.2, 0.25) is 5.02 Å². The molecule has 4 nitrogen and oxygen atoms in total. The molecule has 3 N–H and O–H groups in total. The summed E-state index contributed by atoms with van der Waals surface area (Å²) in [7, 11) is 0. The second kappa shape index (κ2) is 9.46. The van der Waals surface area contributed by atoms with Gasteiger partial charge in [-0.3, -0.25) is 4.99 Å². The second-order valence-corrected chi connectivity index (χ2v) is 7.18. The Labute approximate surface area is 177 Å². The van der Waals surface area contributed by atoms with Crippen LogP contribution in [0.5, 0.6) is 0 Å². The first-order chi connectivity index (χ1) is 12.0. The molecule has 0 radical (unpaired) electrons. The van der Waals surface area contributed by atoms with Crippen molar-refractivity contribution in [3.8, 4) is 0 Å². The van der Waals surface area contributed by atoms with Gasteiger partial charge >= 0.3 is 0 Å². The van der Waals surface area contributed by atoms with E-state index in [2.05, 4.69) is 53.3 Å². The molecule has 0 saturated carbocycles. The van der Waals surface area contributed by atoms with E-state index >= 15 is 0 Å². The highest BCUT2D eigenvalue weighted by atomic mass is 127. The van der Waals surface area contributed by atoms with Crippen molar-refractivity contribution in [2.45, 2.75) is 20.3 Å². The number of nitrogens with zero attached hydrogens (tertiary/aromatic N) is 2. The molecule has 0 amide bonds. The summed E-state index contributed by atoms with van der Waals surface area (Å²) in [6.45, 7) is 6.95. The lowest BCUT2D eigenvalue weighted by atomic mass is 10.1. The fourth-order valence-corrected chi connectivity index (χ4v) is 3.34. The molecule has 0 aromatic heterocycles. The Morgan fingerprint density at radius 3 is 2.69 bits per heavy atom. The zero-order valence-electron chi connectivity index (χ0n) is 15.2. The van der Waals surface area contributed by atoms with E-state index in [1.165, 1.54) is 16.8 Å². The maximum Gasteiger partial charge on any atom is 0.193 e. The quantitative estimate of drug-likeness (QED) is 0.371. The third-order valence-corrected chi connectivity index (χ3v) is 4.88. The lowest BCUT2D eigenvalue weighted by Gasteiger charge is -2.21. The van der Waals surface area contributed by atoms with E-state index in [0.29, 0.717) is 11.9 Å². The van der Waals surface area contributed by atoms with Crippen LogP contribution in [-0.2, 0) is 0 Å². The van der Waals surface area contributed by atoms with Crippen molar-refractivity contribution < 1.29 is 0 Å². The fourth-order valence-electron chi connectivity index (χ4n) is 3.18. The van der Waals surface area contributed by atoms with Crippen LogP contribution >= 0.6 is 35.6 Å². The van der Waals surface area contributed by atoms with Gasteiger partial charge in [0, 0.05) is 36.0 Å². The Hall–Kier alpha value is -1.47. The van der Waals surface area contributed by atoms with Gasteiger partial charge in [0.2, 0.25) is 0 Å². The predicted molar refractivity (Wildman–Crippen MR) is 123 cm³/mol. The van der Waals surface area contributed by atoms with Gasteiger partial charge in [-0.15, -0.1) is 24.0 Å². The molecule has 3 rings (SSSR count). The van der Waals surface area contributed by atoms with E-state index in [-0.39, 0.29) is 24.0 Å². The number of nitrogens with two attached hydrogens (primary N) is 1. The van der Waals surface area contributed by atoms with Crippen molar-refractivity contribution >= 4 is 52.9 Å². The Morgan fingerprint density at radius 1 is 1.23 bits per heavy atom. The number of aliphatic imine (C=N–C) groups is 1. The van der Waals surface area contributed by atoms with Gasteiger partial charge in [-0.25, -0.2) is 0 Å². The molecule has 1 atom stereocenters. The minimum atomic E-state index is 0. The van der Waals surface area contributed by atoms with Crippen LogP contribution < -0.4 is 16.0 Å². The molecule has 0 aliphatic carbocycles. The van der Waals surface area contributed by atoms with Crippen LogP contribution in [0.25, 0.3) is 0 Å². The maximum absolute atomic E-state index is 6.15. The number of nitrogens with one attached hydrogen (secondary N) is 1. The smallest absolute Gasteiger partial charge is 0.193 e. The molecule has 140 valence electrons. The number of guanidine groups is 1. The van der Waals surface area contributed by atoms with Gasteiger partial charge in [-0.05, 0) is 56.0 Å². The Morgan fingerprint density at radius 2 is 1.96 bits per heavy atom. The van der Waals surface area contributed by atoms with Gasteiger partial charge < -0.3 is 16.0 Å². The average molecular weight is 485 g/mol. The first-order valence-electron chi connectivity index (χ1n) is 8.66. The van der Waals surface area contributed by atoms with Gasteiger partial charge in [0.1, 0.15) is 0 Å². The molecule has 1 unspecified atom stereocenters. The van der Waals surface area contributed by atoms with Crippen LogP contribution in [0.4, 0.5) is 11.4 Å². The lowest BCUT2D eigenvalue weighted by Crippen LogP contribution is -2.25. The van der Waals surface area contributed by atoms with Gasteiger partial charge in [0.15, 0.2) is 5.96 Å². The number of aryl methyl sites for hydroxylation is 2. The molecule has 1 aliphatic heterocycles. The minimum absolute atomic E-state index is 0. The standard InChI is InChI=1S/C20H25ClN4.HI/c1-14-3-7-18(8-4-14)24-20(22)23-12-16-9-10-25(13-16)19-11-17(21)6-5-15(19)2;/h3-8,11,16H,9-10,12-13H2,1-2H3,(H3,22,23,24);1H. The first kappa shape index (κ1) is 20.8. The van der Waals surface area contributed by atoms with Crippen molar-refractivity contribution in [3.05, 3.63) is 58.6 Å². The highest BCUT2D eigenvalue weighted by molar-refractivity contribution is 14.0.